The number of thioether (sulfide) groups is 1. The van der Waals surface area contributed by atoms with Crippen molar-refractivity contribution >= 4 is 46.6 Å². The van der Waals surface area contributed by atoms with Crippen molar-refractivity contribution < 1.29 is 14.0 Å². The van der Waals surface area contributed by atoms with Gasteiger partial charge in [0.1, 0.15) is 0 Å². The average molecular weight is 387 g/mol. The van der Waals surface area contributed by atoms with E-state index in [0.29, 0.717) is 16.4 Å². The number of amides is 2. The van der Waals surface area contributed by atoms with Gasteiger partial charge in [-0.05, 0) is 54.6 Å². The third kappa shape index (κ3) is 5.15. The molecule has 1 aromatic heterocycles. The Morgan fingerprint density at radius 1 is 0.962 bits per heavy atom. The van der Waals surface area contributed by atoms with Crippen LogP contribution in [0.1, 0.15) is 10.6 Å². The Morgan fingerprint density at radius 3 is 2.46 bits per heavy atom. The largest absolute Gasteiger partial charge is 0.459 e. The summed E-state index contributed by atoms with van der Waals surface area (Å²) in [4.78, 5) is 24.8. The van der Waals surface area contributed by atoms with Crippen LogP contribution < -0.4 is 10.6 Å². The molecule has 0 aliphatic rings. The molecular formula is C19H15ClN2O3S. The molecule has 5 nitrogen and oxygen atoms in total. The summed E-state index contributed by atoms with van der Waals surface area (Å²) in [5.74, 6) is 0.0925. The van der Waals surface area contributed by atoms with E-state index in [1.807, 2.05) is 12.1 Å². The third-order valence-electron chi connectivity index (χ3n) is 3.34. The minimum Gasteiger partial charge on any atom is -0.459 e. The van der Waals surface area contributed by atoms with Crippen molar-refractivity contribution in [1.82, 2.24) is 0 Å². The number of benzene rings is 2. The highest BCUT2D eigenvalue weighted by molar-refractivity contribution is 8.00. The second kappa shape index (κ2) is 8.60. The van der Waals surface area contributed by atoms with Crippen LogP contribution in [0, 0.1) is 0 Å². The average Bonchev–Trinajstić information content (AvgIpc) is 3.16. The molecule has 0 unspecified atom stereocenters. The molecule has 0 saturated heterocycles. The van der Waals surface area contributed by atoms with Crippen LogP contribution in [-0.2, 0) is 4.79 Å². The lowest BCUT2D eigenvalue weighted by atomic mass is 10.3. The molecule has 0 saturated carbocycles. The van der Waals surface area contributed by atoms with E-state index >= 15 is 0 Å². The van der Waals surface area contributed by atoms with Crippen LogP contribution in [-0.4, -0.2) is 17.6 Å². The van der Waals surface area contributed by atoms with Gasteiger partial charge in [0.05, 0.1) is 12.0 Å². The van der Waals surface area contributed by atoms with Crippen molar-refractivity contribution in [3.8, 4) is 0 Å². The van der Waals surface area contributed by atoms with Gasteiger partial charge in [-0.2, -0.15) is 0 Å². The van der Waals surface area contributed by atoms with Crippen molar-refractivity contribution in [2.75, 3.05) is 16.4 Å². The SMILES string of the molecule is O=C(CSc1ccc(NC(=O)c2ccco2)cc1)Nc1cccc(Cl)c1. The molecule has 0 radical (unpaired) electrons. The minimum atomic E-state index is -0.309. The first kappa shape index (κ1) is 18.1. The van der Waals surface area contributed by atoms with E-state index in [0.717, 1.165) is 4.90 Å². The van der Waals surface area contributed by atoms with E-state index in [4.69, 9.17) is 16.0 Å². The van der Waals surface area contributed by atoms with E-state index in [2.05, 4.69) is 10.6 Å². The molecule has 0 fully saturated rings. The fourth-order valence-corrected chi connectivity index (χ4v) is 3.04. The topological polar surface area (TPSA) is 71.3 Å². The Morgan fingerprint density at radius 2 is 1.77 bits per heavy atom. The number of anilines is 2. The normalized spacial score (nSPS) is 10.3. The zero-order valence-corrected chi connectivity index (χ0v) is 15.1. The fourth-order valence-electron chi connectivity index (χ4n) is 2.15. The molecule has 0 aliphatic carbocycles. The van der Waals surface area contributed by atoms with Crippen LogP contribution in [0.25, 0.3) is 0 Å². The molecule has 132 valence electrons. The Labute approximate surface area is 159 Å². The second-order valence-corrected chi connectivity index (χ2v) is 6.79. The quantitative estimate of drug-likeness (QED) is 0.590. The number of furan rings is 1. The highest BCUT2D eigenvalue weighted by Crippen LogP contribution is 2.21. The van der Waals surface area contributed by atoms with Gasteiger partial charge in [-0.3, -0.25) is 9.59 Å². The lowest BCUT2D eigenvalue weighted by Gasteiger charge is -2.07. The third-order valence-corrected chi connectivity index (χ3v) is 4.58. The molecule has 1 heterocycles. The van der Waals surface area contributed by atoms with Crippen molar-refractivity contribution in [1.29, 1.82) is 0 Å². The van der Waals surface area contributed by atoms with E-state index in [1.54, 1.807) is 48.5 Å². The van der Waals surface area contributed by atoms with Gasteiger partial charge in [0.15, 0.2) is 5.76 Å². The molecule has 26 heavy (non-hydrogen) atoms. The van der Waals surface area contributed by atoms with Crippen LogP contribution in [0.5, 0.6) is 0 Å². The summed E-state index contributed by atoms with van der Waals surface area (Å²) in [6.07, 6.45) is 1.45. The summed E-state index contributed by atoms with van der Waals surface area (Å²) >= 11 is 7.29. The first-order valence-corrected chi connectivity index (χ1v) is 9.10. The van der Waals surface area contributed by atoms with E-state index in [-0.39, 0.29) is 23.3 Å². The molecule has 0 bridgehead atoms. The summed E-state index contributed by atoms with van der Waals surface area (Å²) in [5.41, 5.74) is 1.32. The zero-order valence-electron chi connectivity index (χ0n) is 13.6. The van der Waals surface area contributed by atoms with Crippen LogP contribution in [0.2, 0.25) is 5.02 Å². The summed E-state index contributed by atoms with van der Waals surface area (Å²) < 4.78 is 5.04. The van der Waals surface area contributed by atoms with Crippen molar-refractivity contribution in [2.24, 2.45) is 0 Å². The monoisotopic (exact) mass is 386 g/mol. The van der Waals surface area contributed by atoms with Gasteiger partial charge < -0.3 is 15.1 Å². The van der Waals surface area contributed by atoms with Gasteiger partial charge in [0, 0.05) is 21.3 Å². The van der Waals surface area contributed by atoms with Crippen molar-refractivity contribution in [2.45, 2.75) is 4.90 Å². The maximum absolute atomic E-state index is 12.0. The van der Waals surface area contributed by atoms with Crippen molar-refractivity contribution in [3.05, 3.63) is 77.7 Å². The van der Waals surface area contributed by atoms with Gasteiger partial charge >= 0.3 is 0 Å². The summed E-state index contributed by atoms with van der Waals surface area (Å²) in [7, 11) is 0. The molecule has 0 spiro atoms. The van der Waals surface area contributed by atoms with Gasteiger partial charge in [-0.1, -0.05) is 17.7 Å². The molecule has 2 aromatic carbocycles. The van der Waals surface area contributed by atoms with E-state index in [9.17, 15) is 9.59 Å². The number of halogens is 1. The molecule has 0 aliphatic heterocycles. The molecule has 7 heteroatoms. The number of hydrogen-bond acceptors (Lipinski definition) is 4. The lowest BCUT2D eigenvalue weighted by molar-refractivity contribution is -0.113. The highest BCUT2D eigenvalue weighted by Gasteiger charge is 2.09. The van der Waals surface area contributed by atoms with Gasteiger partial charge in [0.25, 0.3) is 5.91 Å². The predicted octanol–water partition coefficient (Wildman–Crippen LogP) is 4.92. The molecule has 2 amide bonds. The number of carbonyl (C=O) groups excluding carboxylic acids is 2. The summed E-state index contributed by atoms with van der Waals surface area (Å²) in [6, 6.07) is 17.5. The van der Waals surface area contributed by atoms with Gasteiger partial charge in [0.2, 0.25) is 5.91 Å². The standard InChI is InChI=1S/C19H15ClN2O3S/c20-13-3-1-4-15(11-13)21-18(23)12-26-16-8-6-14(7-9-16)22-19(24)17-5-2-10-25-17/h1-11H,12H2,(H,21,23)(H,22,24). The number of hydrogen-bond donors (Lipinski definition) is 2. The first-order valence-electron chi connectivity index (χ1n) is 7.73. The Balaban J connectivity index is 1.49. The number of carbonyl (C=O) groups is 2. The zero-order chi connectivity index (χ0) is 18.4. The molecular weight excluding hydrogens is 372 g/mol. The van der Waals surface area contributed by atoms with Crippen LogP contribution in [0.3, 0.4) is 0 Å². The maximum atomic E-state index is 12.0. The molecule has 0 atom stereocenters. The molecule has 2 N–H and O–H groups in total. The summed E-state index contributed by atoms with van der Waals surface area (Å²) in [6.45, 7) is 0. The fraction of sp³-hybridized carbons (Fsp3) is 0.0526. The second-order valence-electron chi connectivity index (χ2n) is 5.30. The van der Waals surface area contributed by atoms with Crippen LogP contribution >= 0.6 is 23.4 Å². The van der Waals surface area contributed by atoms with Crippen LogP contribution in [0.4, 0.5) is 11.4 Å². The van der Waals surface area contributed by atoms with E-state index < -0.39 is 0 Å². The number of nitrogens with one attached hydrogen (secondary N) is 2. The Kier molecular flexibility index (Phi) is 5.99. The smallest absolute Gasteiger partial charge is 0.291 e. The predicted molar refractivity (Wildman–Crippen MR) is 104 cm³/mol. The number of rotatable bonds is 6. The van der Waals surface area contributed by atoms with Crippen molar-refractivity contribution in [3.63, 3.8) is 0 Å². The first-order chi connectivity index (χ1) is 12.6. The summed E-state index contributed by atoms with van der Waals surface area (Å²) in [5, 5.41) is 6.11. The minimum absolute atomic E-state index is 0.118. The molecule has 3 rings (SSSR count). The van der Waals surface area contributed by atoms with Crippen LogP contribution in [0.15, 0.2) is 76.2 Å². The Bertz CT molecular complexity index is 895. The molecule has 3 aromatic rings. The highest BCUT2D eigenvalue weighted by atomic mass is 35.5. The van der Waals surface area contributed by atoms with E-state index in [1.165, 1.54) is 18.0 Å². The van der Waals surface area contributed by atoms with Gasteiger partial charge in [-0.15, -0.1) is 11.8 Å². The lowest BCUT2D eigenvalue weighted by Crippen LogP contribution is -2.13. The maximum Gasteiger partial charge on any atom is 0.291 e. The van der Waals surface area contributed by atoms with Gasteiger partial charge in [-0.25, -0.2) is 0 Å². The Hall–Kier alpha value is -2.70.